The molecule has 0 spiro atoms. The second-order valence-electron chi connectivity index (χ2n) is 4.35. The maximum absolute atomic E-state index is 12.4. The van der Waals surface area contributed by atoms with E-state index in [0.717, 1.165) is 0 Å². The first-order chi connectivity index (χ1) is 11.1. The van der Waals surface area contributed by atoms with Crippen LogP contribution in [0.4, 0.5) is 5.69 Å². The van der Waals surface area contributed by atoms with Crippen LogP contribution in [-0.2, 0) is 0 Å². The molecule has 5 nitrogen and oxygen atoms in total. The van der Waals surface area contributed by atoms with E-state index in [-0.39, 0.29) is 16.0 Å². The van der Waals surface area contributed by atoms with Gasteiger partial charge in [-0.3, -0.25) is 9.78 Å². The van der Waals surface area contributed by atoms with Gasteiger partial charge >= 0.3 is 0 Å². The first-order valence-electron chi connectivity index (χ1n) is 6.56. The number of hydrogen-bond acceptors (Lipinski definition) is 4. The number of anilines is 1. The summed E-state index contributed by atoms with van der Waals surface area (Å²) in [6.07, 6.45) is 2.80. The number of amides is 1. The molecule has 1 aromatic carbocycles. The summed E-state index contributed by atoms with van der Waals surface area (Å²) in [5.74, 6) is 1.01. The quantitative estimate of drug-likeness (QED) is 0.825. The van der Waals surface area contributed by atoms with Gasteiger partial charge in [0.25, 0.3) is 5.91 Å². The van der Waals surface area contributed by atoms with Gasteiger partial charge in [-0.2, -0.15) is 0 Å². The molecule has 0 fully saturated rings. The van der Waals surface area contributed by atoms with Crippen LogP contribution in [0.1, 0.15) is 10.4 Å². The van der Waals surface area contributed by atoms with Crippen LogP contribution < -0.4 is 14.8 Å². The average molecular weight is 372 g/mol. The monoisotopic (exact) mass is 371 g/mol. The van der Waals surface area contributed by atoms with Gasteiger partial charge in [0, 0.05) is 23.7 Å². The fourth-order valence-corrected chi connectivity index (χ4v) is 2.34. The van der Waals surface area contributed by atoms with E-state index in [1.54, 1.807) is 18.2 Å². The molecule has 2 aromatic rings. The summed E-state index contributed by atoms with van der Waals surface area (Å²) in [4.78, 5) is 16.2. The first kappa shape index (κ1) is 17.7. The molecule has 121 valence electrons. The molecule has 1 amide bonds. The summed E-state index contributed by atoms with van der Waals surface area (Å²) in [5.41, 5.74) is 0.672. The van der Waals surface area contributed by atoms with Crippen molar-refractivity contribution in [1.82, 2.24) is 4.98 Å². The molecule has 2 rings (SSSR count). The minimum Gasteiger partial charge on any atom is -0.493 e. The van der Waals surface area contributed by atoms with Gasteiger partial charge in [0.15, 0.2) is 11.5 Å². The topological polar surface area (TPSA) is 60.5 Å². The minimum atomic E-state index is -0.383. The lowest BCUT2D eigenvalue weighted by atomic mass is 10.2. The highest BCUT2D eigenvalue weighted by Crippen LogP contribution is 2.31. The third kappa shape index (κ3) is 4.43. The smallest absolute Gasteiger partial charge is 0.255 e. The van der Waals surface area contributed by atoms with Gasteiger partial charge in [0.2, 0.25) is 0 Å². The number of halogens is 2. The number of carbonyl (C=O) groups is 1. The van der Waals surface area contributed by atoms with Crippen LogP contribution in [0.15, 0.2) is 30.6 Å². The summed E-state index contributed by atoms with van der Waals surface area (Å²) < 4.78 is 10.7. The number of nitrogens with zero attached hydrogens (tertiary/aromatic N) is 1. The van der Waals surface area contributed by atoms with E-state index in [1.165, 1.54) is 19.5 Å². The van der Waals surface area contributed by atoms with Gasteiger partial charge in [-0.05, 0) is 18.2 Å². The van der Waals surface area contributed by atoms with Crippen LogP contribution >= 0.6 is 35.8 Å². The molecular weight excluding hydrogens is 359 g/mol. The van der Waals surface area contributed by atoms with Crippen LogP contribution in [0, 0.1) is 0 Å². The second-order valence-corrected chi connectivity index (χ2v) is 5.57. The normalized spacial score (nSPS) is 10.3. The largest absolute Gasteiger partial charge is 0.493 e. The highest BCUT2D eigenvalue weighted by molar-refractivity contribution is 7.80. The van der Waals surface area contributed by atoms with Crippen LogP contribution in [0.5, 0.6) is 11.5 Å². The predicted molar refractivity (Wildman–Crippen MR) is 93.2 cm³/mol. The third-order valence-electron chi connectivity index (χ3n) is 2.86. The van der Waals surface area contributed by atoms with Crippen molar-refractivity contribution in [1.29, 1.82) is 0 Å². The predicted octanol–water partition coefficient (Wildman–Crippen LogP) is 4.23. The zero-order valence-electron chi connectivity index (χ0n) is 12.1. The minimum absolute atomic E-state index is 0.252. The van der Waals surface area contributed by atoms with E-state index in [1.807, 2.05) is 0 Å². The standard InChI is InChI=1S/C15H13Cl2N2O3S/c1-21-12-3-2-9(6-13(12)22-4-5-23)15(20)19-14-10(16)7-18-8-11(14)17/h2-3,6-8H,4-5H2,1H3,(H,18,19,20). The van der Waals surface area contributed by atoms with Crippen molar-refractivity contribution in [3.63, 3.8) is 0 Å². The van der Waals surface area contributed by atoms with Crippen molar-refractivity contribution >= 4 is 47.4 Å². The maximum atomic E-state index is 12.4. The van der Waals surface area contributed by atoms with Crippen molar-refractivity contribution in [2.75, 3.05) is 24.8 Å². The lowest BCUT2D eigenvalue weighted by molar-refractivity contribution is 0.102. The van der Waals surface area contributed by atoms with Gasteiger partial charge in [-0.1, -0.05) is 35.8 Å². The zero-order valence-corrected chi connectivity index (χ0v) is 14.5. The molecule has 8 heteroatoms. The molecule has 0 saturated heterocycles. The fourth-order valence-electron chi connectivity index (χ4n) is 1.80. The summed E-state index contributed by atoms with van der Waals surface area (Å²) in [7, 11) is 1.52. The molecule has 1 radical (unpaired) electrons. The van der Waals surface area contributed by atoms with E-state index >= 15 is 0 Å². The number of nitrogens with one attached hydrogen (secondary N) is 1. The van der Waals surface area contributed by atoms with Crippen molar-refractivity contribution in [3.05, 3.63) is 46.2 Å². The number of methoxy groups -OCH3 is 1. The molecule has 0 aliphatic carbocycles. The molecule has 0 aliphatic rings. The SMILES string of the molecule is COc1ccc(C(=O)Nc2c(Cl)cncc2Cl)cc1OCC[S]. The molecule has 1 heterocycles. The Labute approximate surface area is 149 Å². The van der Waals surface area contributed by atoms with Crippen LogP contribution in [0.3, 0.4) is 0 Å². The molecule has 1 N–H and O–H groups in total. The Hall–Kier alpha value is -1.63. The fraction of sp³-hybridized carbons (Fsp3) is 0.200. The van der Waals surface area contributed by atoms with Gasteiger partial charge in [-0.25, -0.2) is 0 Å². The van der Waals surface area contributed by atoms with Gasteiger partial charge in [0.05, 0.1) is 29.4 Å². The number of ether oxygens (including phenoxy) is 2. The lowest BCUT2D eigenvalue weighted by Crippen LogP contribution is -2.13. The van der Waals surface area contributed by atoms with E-state index in [9.17, 15) is 4.79 Å². The van der Waals surface area contributed by atoms with E-state index in [4.69, 9.17) is 45.3 Å². The lowest BCUT2D eigenvalue weighted by Gasteiger charge is -2.12. The second kappa shape index (κ2) is 8.29. The van der Waals surface area contributed by atoms with E-state index in [2.05, 4.69) is 10.3 Å². The molecule has 0 atom stereocenters. The third-order valence-corrected chi connectivity index (χ3v) is 3.60. The molecule has 0 bridgehead atoms. The Kier molecular flexibility index (Phi) is 6.38. The summed E-state index contributed by atoms with van der Waals surface area (Å²) in [6.45, 7) is 0.346. The molecule has 0 aliphatic heterocycles. The number of hydrogen-bond donors (Lipinski definition) is 1. The Morgan fingerprint density at radius 3 is 2.57 bits per heavy atom. The Morgan fingerprint density at radius 1 is 1.26 bits per heavy atom. The Morgan fingerprint density at radius 2 is 1.96 bits per heavy atom. The maximum Gasteiger partial charge on any atom is 0.255 e. The summed E-state index contributed by atoms with van der Waals surface area (Å²) in [5, 5.41) is 3.16. The van der Waals surface area contributed by atoms with E-state index in [0.29, 0.717) is 35.1 Å². The highest BCUT2D eigenvalue weighted by Gasteiger charge is 2.14. The molecule has 1 aromatic heterocycles. The van der Waals surface area contributed by atoms with Crippen molar-refractivity contribution < 1.29 is 14.3 Å². The van der Waals surface area contributed by atoms with Crippen LogP contribution in [0.2, 0.25) is 10.0 Å². The van der Waals surface area contributed by atoms with Gasteiger partial charge < -0.3 is 14.8 Å². The van der Waals surface area contributed by atoms with Gasteiger partial charge in [0.1, 0.15) is 0 Å². The average Bonchev–Trinajstić information content (AvgIpc) is 2.56. The van der Waals surface area contributed by atoms with Crippen LogP contribution in [0.25, 0.3) is 0 Å². The summed E-state index contributed by atoms with van der Waals surface area (Å²) in [6, 6.07) is 4.82. The number of rotatable bonds is 6. The van der Waals surface area contributed by atoms with E-state index < -0.39 is 0 Å². The van der Waals surface area contributed by atoms with Gasteiger partial charge in [-0.15, -0.1) is 0 Å². The Bertz CT molecular complexity index is 693. The Balaban J connectivity index is 2.25. The number of benzene rings is 1. The zero-order chi connectivity index (χ0) is 16.8. The summed E-state index contributed by atoms with van der Waals surface area (Å²) >= 11 is 16.8. The van der Waals surface area contributed by atoms with Crippen molar-refractivity contribution in [2.45, 2.75) is 0 Å². The molecular formula is C15H13Cl2N2O3S. The number of carbonyl (C=O) groups excluding carboxylic acids is 1. The number of pyridine rings is 1. The molecule has 0 saturated carbocycles. The number of aromatic nitrogens is 1. The van der Waals surface area contributed by atoms with Crippen LogP contribution in [-0.4, -0.2) is 30.4 Å². The molecule has 0 unspecified atom stereocenters. The highest BCUT2D eigenvalue weighted by atomic mass is 35.5. The first-order valence-corrected chi connectivity index (χ1v) is 7.89. The van der Waals surface area contributed by atoms with Crippen molar-refractivity contribution in [3.8, 4) is 11.5 Å². The molecule has 23 heavy (non-hydrogen) atoms. The van der Waals surface area contributed by atoms with Crippen molar-refractivity contribution in [2.24, 2.45) is 0 Å².